The fourth-order valence-corrected chi connectivity index (χ4v) is 2.49. The van der Waals surface area contributed by atoms with Gasteiger partial charge in [0.05, 0.1) is 17.7 Å². The van der Waals surface area contributed by atoms with Crippen molar-refractivity contribution in [3.05, 3.63) is 46.6 Å². The summed E-state index contributed by atoms with van der Waals surface area (Å²) in [6, 6.07) is 4.55. The maximum atomic E-state index is 13.7. The van der Waals surface area contributed by atoms with Crippen LogP contribution in [-0.2, 0) is 11.2 Å². The van der Waals surface area contributed by atoms with Gasteiger partial charge in [0.1, 0.15) is 16.6 Å². The van der Waals surface area contributed by atoms with Gasteiger partial charge in [-0.15, -0.1) is 10.2 Å². The second-order valence-corrected chi connectivity index (χ2v) is 5.84. The predicted octanol–water partition coefficient (Wildman–Crippen LogP) is 2.96. The van der Waals surface area contributed by atoms with Crippen LogP contribution in [0.5, 0.6) is 0 Å². The van der Waals surface area contributed by atoms with E-state index in [1.165, 1.54) is 23.5 Å². The Kier molecular flexibility index (Phi) is 4.11. The van der Waals surface area contributed by atoms with Crippen LogP contribution < -0.4 is 5.32 Å². The zero-order valence-corrected chi connectivity index (χ0v) is 12.7. The van der Waals surface area contributed by atoms with Gasteiger partial charge in [-0.05, 0) is 19.1 Å². The first kappa shape index (κ1) is 15.2. The van der Waals surface area contributed by atoms with Crippen LogP contribution in [0, 0.1) is 18.6 Å². The minimum absolute atomic E-state index is 0.0645. The third-order valence-corrected chi connectivity index (χ3v) is 3.62. The Labute approximate surface area is 133 Å². The number of nitrogens with one attached hydrogen (secondary N) is 1. The second-order valence-electron chi connectivity index (χ2n) is 4.66. The normalized spacial score (nSPS) is 10.7. The van der Waals surface area contributed by atoms with Crippen LogP contribution in [0.2, 0.25) is 0 Å². The summed E-state index contributed by atoms with van der Waals surface area (Å²) in [5.74, 6) is -1.67. The summed E-state index contributed by atoms with van der Waals surface area (Å²) in [6.07, 6.45) is -0.0645. The van der Waals surface area contributed by atoms with E-state index < -0.39 is 11.6 Å². The summed E-state index contributed by atoms with van der Waals surface area (Å²) in [4.78, 5) is 11.9. The lowest BCUT2D eigenvalue weighted by Crippen LogP contribution is -2.14. The molecule has 118 valence electrons. The Balaban J connectivity index is 1.70. The zero-order chi connectivity index (χ0) is 16.4. The summed E-state index contributed by atoms with van der Waals surface area (Å²) in [7, 11) is 0. The van der Waals surface area contributed by atoms with Crippen molar-refractivity contribution in [1.29, 1.82) is 0 Å². The molecule has 0 aliphatic rings. The van der Waals surface area contributed by atoms with Crippen LogP contribution in [-0.4, -0.2) is 21.3 Å². The van der Waals surface area contributed by atoms with Crippen molar-refractivity contribution >= 4 is 22.4 Å². The number of aromatic nitrogens is 3. The number of hydrogen-bond donors (Lipinski definition) is 1. The third kappa shape index (κ3) is 3.57. The van der Waals surface area contributed by atoms with Gasteiger partial charge >= 0.3 is 0 Å². The summed E-state index contributed by atoms with van der Waals surface area (Å²) in [5, 5.41) is 15.0. The average Bonchev–Trinajstić information content (AvgIpc) is 3.08. The molecule has 0 fully saturated rings. The monoisotopic (exact) mass is 336 g/mol. The van der Waals surface area contributed by atoms with E-state index in [-0.39, 0.29) is 23.7 Å². The fourth-order valence-electron chi connectivity index (χ4n) is 1.89. The third-order valence-electron chi connectivity index (χ3n) is 2.87. The number of amides is 1. The lowest BCUT2D eigenvalue weighted by atomic mass is 10.1. The van der Waals surface area contributed by atoms with Crippen molar-refractivity contribution in [3.8, 4) is 11.3 Å². The number of anilines is 1. The van der Waals surface area contributed by atoms with Crippen molar-refractivity contribution in [2.45, 2.75) is 13.3 Å². The van der Waals surface area contributed by atoms with Gasteiger partial charge in [0.15, 0.2) is 5.76 Å². The number of aryl methyl sites for hydroxylation is 1. The van der Waals surface area contributed by atoms with Crippen LogP contribution in [0.4, 0.5) is 13.9 Å². The van der Waals surface area contributed by atoms with E-state index in [1.54, 1.807) is 6.92 Å². The minimum atomic E-state index is -0.763. The molecule has 0 atom stereocenters. The first-order chi connectivity index (χ1) is 11.0. The molecule has 0 radical (unpaired) electrons. The molecule has 9 heteroatoms. The van der Waals surface area contributed by atoms with E-state index in [0.717, 1.165) is 17.1 Å². The molecule has 1 N–H and O–H groups in total. The lowest BCUT2D eigenvalue weighted by molar-refractivity contribution is -0.115. The Morgan fingerprint density at radius 3 is 2.83 bits per heavy atom. The van der Waals surface area contributed by atoms with Crippen LogP contribution in [0.15, 0.2) is 28.8 Å². The van der Waals surface area contributed by atoms with E-state index >= 15 is 0 Å². The molecule has 0 aliphatic carbocycles. The van der Waals surface area contributed by atoms with Crippen LogP contribution >= 0.6 is 11.3 Å². The molecule has 0 unspecified atom stereocenters. The molecular weight excluding hydrogens is 326 g/mol. The standard InChI is InChI=1S/C14H10F2N4O2S/c1-7-18-19-14(23-7)17-13(21)6-9-5-12(22-20-9)10-3-2-8(15)4-11(10)16/h2-5H,6H2,1H3,(H,17,19,21). The van der Waals surface area contributed by atoms with E-state index in [1.807, 2.05) is 0 Å². The highest BCUT2D eigenvalue weighted by Gasteiger charge is 2.15. The Morgan fingerprint density at radius 2 is 2.13 bits per heavy atom. The second kappa shape index (κ2) is 6.21. The van der Waals surface area contributed by atoms with Gasteiger partial charge in [-0.25, -0.2) is 8.78 Å². The largest absolute Gasteiger partial charge is 0.356 e. The highest BCUT2D eigenvalue weighted by atomic mass is 32.1. The first-order valence-corrected chi connectivity index (χ1v) is 7.34. The molecule has 0 saturated heterocycles. The lowest BCUT2D eigenvalue weighted by Gasteiger charge is -1.98. The topological polar surface area (TPSA) is 80.9 Å². The van der Waals surface area contributed by atoms with Gasteiger partial charge in [-0.1, -0.05) is 16.5 Å². The number of benzene rings is 1. The van der Waals surface area contributed by atoms with Crippen LogP contribution in [0.3, 0.4) is 0 Å². The average molecular weight is 336 g/mol. The molecule has 23 heavy (non-hydrogen) atoms. The van der Waals surface area contributed by atoms with E-state index in [2.05, 4.69) is 20.7 Å². The molecule has 1 aromatic carbocycles. The van der Waals surface area contributed by atoms with E-state index in [0.29, 0.717) is 10.8 Å². The minimum Gasteiger partial charge on any atom is -0.356 e. The van der Waals surface area contributed by atoms with Gasteiger partial charge in [0, 0.05) is 12.1 Å². The number of nitrogens with zero attached hydrogens (tertiary/aromatic N) is 3. The predicted molar refractivity (Wildman–Crippen MR) is 78.8 cm³/mol. The van der Waals surface area contributed by atoms with Crippen molar-refractivity contribution in [2.24, 2.45) is 0 Å². The summed E-state index contributed by atoms with van der Waals surface area (Å²) >= 11 is 1.25. The molecule has 3 aromatic rings. The number of carbonyl (C=O) groups excluding carboxylic acids is 1. The van der Waals surface area contributed by atoms with Crippen molar-refractivity contribution < 1.29 is 18.1 Å². The maximum Gasteiger partial charge on any atom is 0.232 e. The fraction of sp³-hybridized carbons (Fsp3) is 0.143. The van der Waals surface area contributed by atoms with Crippen LogP contribution in [0.1, 0.15) is 10.7 Å². The number of rotatable bonds is 4. The number of halogens is 2. The van der Waals surface area contributed by atoms with Gasteiger partial charge < -0.3 is 9.84 Å². The summed E-state index contributed by atoms with van der Waals surface area (Å²) in [6.45, 7) is 1.77. The highest BCUT2D eigenvalue weighted by molar-refractivity contribution is 7.15. The smallest absolute Gasteiger partial charge is 0.232 e. The molecule has 6 nitrogen and oxygen atoms in total. The van der Waals surface area contributed by atoms with Crippen molar-refractivity contribution in [3.63, 3.8) is 0 Å². The Morgan fingerprint density at radius 1 is 1.30 bits per heavy atom. The van der Waals surface area contributed by atoms with Crippen molar-refractivity contribution in [1.82, 2.24) is 15.4 Å². The molecule has 0 aliphatic heterocycles. The highest BCUT2D eigenvalue weighted by Crippen LogP contribution is 2.24. The number of carbonyl (C=O) groups is 1. The van der Waals surface area contributed by atoms with Crippen molar-refractivity contribution in [2.75, 3.05) is 5.32 Å². The summed E-state index contributed by atoms with van der Waals surface area (Å²) < 4.78 is 31.6. The molecule has 0 spiro atoms. The molecule has 0 saturated carbocycles. The summed E-state index contributed by atoms with van der Waals surface area (Å²) in [5.41, 5.74) is 0.396. The Hall–Kier alpha value is -2.68. The molecule has 3 rings (SSSR count). The SMILES string of the molecule is Cc1nnc(NC(=O)Cc2cc(-c3ccc(F)cc3F)on2)s1. The zero-order valence-electron chi connectivity index (χ0n) is 11.8. The Bertz CT molecular complexity index is 862. The van der Waals surface area contributed by atoms with Gasteiger partial charge in [-0.3, -0.25) is 4.79 Å². The molecule has 2 heterocycles. The van der Waals surface area contributed by atoms with E-state index in [9.17, 15) is 13.6 Å². The molecule has 0 bridgehead atoms. The van der Waals surface area contributed by atoms with Gasteiger partial charge in [0.25, 0.3) is 0 Å². The van der Waals surface area contributed by atoms with Gasteiger partial charge in [-0.2, -0.15) is 0 Å². The molecule has 2 aromatic heterocycles. The van der Waals surface area contributed by atoms with Crippen LogP contribution in [0.25, 0.3) is 11.3 Å². The first-order valence-electron chi connectivity index (χ1n) is 6.52. The quantitative estimate of drug-likeness (QED) is 0.792. The number of hydrogen-bond acceptors (Lipinski definition) is 6. The molecule has 1 amide bonds. The van der Waals surface area contributed by atoms with Gasteiger partial charge in [0.2, 0.25) is 11.0 Å². The molecular formula is C14H10F2N4O2S. The maximum absolute atomic E-state index is 13.7. The van der Waals surface area contributed by atoms with E-state index in [4.69, 9.17) is 4.52 Å².